The third kappa shape index (κ3) is 6.05. The van der Waals surface area contributed by atoms with Crippen LogP contribution in [0.2, 0.25) is 5.02 Å². The van der Waals surface area contributed by atoms with Gasteiger partial charge in [-0.05, 0) is 49.4 Å². The summed E-state index contributed by atoms with van der Waals surface area (Å²) in [7, 11) is 1.84. The predicted molar refractivity (Wildman–Crippen MR) is 143 cm³/mol. The molecule has 2 aliphatic heterocycles. The molecule has 0 bridgehead atoms. The molecule has 0 atom stereocenters. The van der Waals surface area contributed by atoms with E-state index in [1.807, 2.05) is 37.5 Å². The van der Waals surface area contributed by atoms with Crippen molar-refractivity contribution >= 4 is 47.4 Å². The molecule has 3 heterocycles. The highest BCUT2D eigenvalue weighted by molar-refractivity contribution is 14.0. The molecule has 1 aromatic heterocycles. The second kappa shape index (κ2) is 12.0. The quantitative estimate of drug-likeness (QED) is 0.321. The lowest BCUT2D eigenvalue weighted by atomic mass is 9.74. The lowest BCUT2D eigenvalue weighted by Crippen LogP contribution is -2.52. The highest BCUT2D eigenvalue weighted by Crippen LogP contribution is 2.38. The van der Waals surface area contributed by atoms with Gasteiger partial charge < -0.3 is 20.3 Å². The lowest BCUT2D eigenvalue weighted by molar-refractivity contribution is 0.0514. The van der Waals surface area contributed by atoms with Gasteiger partial charge >= 0.3 is 0 Å². The van der Waals surface area contributed by atoms with Crippen molar-refractivity contribution in [1.82, 2.24) is 15.6 Å². The van der Waals surface area contributed by atoms with Gasteiger partial charge in [0.15, 0.2) is 5.96 Å². The van der Waals surface area contributed by atoms with E-state index in [1.165, 1.54) is 5.56 Å². The SMILES string of the molecule is CN=C(NCC1(c2ccccc2Cl)CCOCC1)NC1CCN(c2ccccn2)CC1.I. The molecule has 0 spiro atoms. The summed E-state index contributed by atoms with van der Waals surface area (Å²) in [5.41, 5.74) is 1.16. The maximum atomic E-state index is 6.59. The van der Waals surface area contributed by atoms with Crippen LogP contribution in [0.15, 0.2) is 53.7 Å². The number of benzene rings is 1. The van der Waals surface area contributed by atoms with E-state index >= 15 is 0 Å². The number of anilines is 1. The summed E-state index contributed by atoms with van der Waals surface area (Å²) < 4.78 is 5.66. The summed E-state index contributed by atoms with van der Waals surface area (Å²) in [6.07, 6.45) is 5.87. The highest BCUT2D eigenvalue weighted by Gasteiger charge is 2.36. The molecule has 2 aromatic rings. The average molecular weight is 570 g/mol. The van der Waals surface area contributed by atoms with Gasteiger partial charge in [0.1, 0.15) is 5.82 Å². The number of hydrogen-bond acceptors (Lipinski definition) is 4. The first-order chi connectivity index (χ1) is 15.2. The van der Waals surface area contributed by atoms with E-state index in [2.05, 4.69) is 43.7 Å². The Morgan fingerprint density at radius 3 is 2.53 bits per heavy atom. The van der Waals surface area contributed by atoms with Crippen LogP contribution in [0.3, 0.4) is 0 Å². The van der Waals surface area contributed by atoms with E-state index in [-0.39, 0.29) is 29.4 Å². The molecule has 0 aliphatic carbocycles. The van der Waals surface area contributed by atoms with Crippen LogP contribution in [0.4, 0.5) is 5.82 Å². The summed E-state index contributed by atoms with van der Waals surface area (Å²) >= 11 is 6.59. The van der Waals surface area contributed by atoms with Gasteiger partial charge in [-0.15, -0.1) is 24.0 Å². The first-order valence-corrected chi connectivity index (χ1v) is 11.5. The Bertz CT molecular complexity index is 868. The van der Waals surface area contributed by atoms with E-state index in [0.29, 0.717) is 6.04 Å². The Morgan fingerprint density at radius 2 is 1.88 bits per heavy atom. The molecule has 0 saturated carbocycles. The van der Waals surface area contributed by atoms with Gasteiger partial charge in [-0.1, -0.05) is 35.9 Å². The molecule has 2 fully saturated rings. The molecule has 2 aliphatic rings. The smallest absolute Gasteiger partial charge is 0.191 e. The Labute approximate surface area is 213 Å². The minimum absolute atomic E-state index is 0. The summed E-state index contributed by atoms with van der Waals surface area (Å²) in [4.78, 5) is 11.3. The minimum Gasteiger partial charge on any atom is -0.381 e. The fraction of sp³-hybridized carbons (Fsp3) is 0.500. The summed E-state index contributed by atoms with van der Waals surface area (Å²) in [6, 6.07) is 14.7. The Kier molecular flexibility index (Phi) is 9.43. The minimum atomic E-state index is -0.0451. The molecular formula is C24H33ClIN5O. The standard InChI is InChI=1S/C24H32ClN5O.HI/c1-26-23(29-19-9-14-30(15-10-19)22-8-4-5-13-27-22)28-18-24(11-16-31-17-12-24)20-6-2-3-7-21(20)25;/h2-8,13,19H,9-12,14-18H2,1H3,(H2,26,28,29);1H. The van der Waals surface area contributed by atoms with Gasteiger partial charge in [-0.25, -0.2) is 4.98 Å². The fourth-order valence-electron chi connectivity index (χ4n) is 4.63. The van der Waals surface area contributed by atoms with Gasteiger partial charge in [0, 0.05) is 62.6 Å². The van der Waals surface area contributed by atoms with Crippen LogP contribution in [-0.2, 0) is 10.2 Å². The molecule has 2 N–H and O–H groups in total. The zero-order valence-electron chi connectivity index (χ0n) is 18.6. The third-order valence-corrected chi connectivity index (χ3v) is 6.85. The molecule has 4 rings (SSSR count). The zero-order chi connectivity index (χ0) is 21.5. The number of hydrogen-bond donors (Lipinski definition) is 2. The first-order valence-electron chi connectivity index (χ1n) is 11.2. The van der Waals surface area contributed by atoms with Crippen LogP contribution in [0.5, 0.6) is 0 Å². The molecule has 2 saturated heterocycles. The lowest BCUT2D eigenvalue weighted by Gasteiger charge is -2.39. The number of ether oxygens (including phenoxy) is 1. The van der Waals surface area contributed by atoms with Crippen LogP contribution >= 0.6 is 35.6 Å². The number of rotatable bonds is 5. The van der Waals surface area contributed by atoms with Crippen molar-refractivity contribution < 1.29 is 4.74 Å². The number of halogens is 2. The van der Waals surface area contributed by atoms with Crippen molar-refractivity contribution in [3.8, 4) is 0 Å². The largest absolute Gasteiger partial charge is 0.381 e. The molecule has 0 unspecified atom stereocenters. The third-order valence-electron chi connectivity index (χ3n) is 6.52. The Hall–Kier alpha value is -1.58. The first kappa shape index (κ1) is 25.1. The van der Waals surface area contributed by atoms with E-state index in [0.717, 1.165) is 75.3 Å². The van der Waals surface area contributed by atoms with Crippen LogP contribution in [0.1, 0.15) is 31.2 Å². The van der Waals surface area contributed by atoms with Crippen molar-refractivity contribution in [3.63, 3.8) is 0 Å². The highest BCUT2D eigenvalue weighted by atomic mass is 127. The molecule has 32 heavy (non-hydrogen) atoms. The van der Waals surface area contributed by atoms with Crippen LogP contribution in [0, 0.1) is 0 Å². The summed E-state index contributed by atoms with van der Waals surface area (Å²) in [6.45, 7) is 4.28. The second-order valence-electron chi connectivity index (χ2n) is 8.39. The fourth-order valence-corrected chi connectivity index (χ4v) is 4.97. The number of nitrogens with one attached hydrogen (secondary N) is 2. The van der Waals surface area contributed by atoms with Crippen molar-refractivity contribution in [2.24, 2.45) is 4.99 Å². The molecule has 174 valence electrons. The molecular weight excluding hydrogens is 537 g/mol. The number of guanidine groups is 1. The molecule has 0 radical (unpaired) electrons. The topological polar surface area (TPSA) is 61.8 Å². The van der Waals surface area contributed by atoms with Gasteiger partial charge in [0.25, 0.3) is 0 Å². The van der Waals surface area contributed by atoms with Crippen LogP contribution < -0.4 is 15.5 Å². The number of aromatic nitrogens is 1. The van der Waals surface area contributed by atoms with Gasteiger partial charge in [0.05, 0.1) is 0 Å². The zero-order valence-corrected chi connectivity index (χ0v) is 21.7. The maximum absolute atomic E-state index is 6.59. The molecule has 8 heteroatoms. The van der Waals surface area contributed by atoms with E-state index in [9.17, 15) is 0 Å². The van der Waals surface area contributed by atoms with Crippen molar-refractivity contribution in [2.45, 2.75) is 37.1 Å². The van der Waals surface area contributed by atoms with Crippen LogP contribution in [0.25, 0.3) is 0 Å². The molecule has 1 aromatic carbocycles. The van der Waals surface area contributed by atoms with E-state index in [4.69, 9.17) is 16.3 Å². The summed E-state index contributed by atoms with van der Waals surface area (Å²) in [5, 5.41) is 8.05. The molecule has 0 amide bonds. The Morgan fingerprint density at radius 1 is 1.16 bits per heavy atom. The van der Waals surface area contributed by atoms with E-state index in [1.54, 1.807) is 0 Å². The van der Waals surface area contributed by atoms with Gasteiger partial charge in [-0.2, -0.15) is 0 Å². The van der Waals surface area contributed by atoms with E-state index < -0.39 is 0 Å². The van der Waals surface area contributed by atoms with Gasteiger partial charge in [-0.3, -0.25) is 4.99 Å². The normalized spacial score (nSPS) is 19.2. The second-order valence-corrected chi connectivity index (χ2v) is 8.80. The van der Waals surface area contributed by atoms with Gasteiger partial charge in [0.2, 0.25) is 0 Å². The van der Waals surface area contributed by atoms with Crippen LogP contribution in [-0.4, -0.2) is 56.9 Å². The predicted octanol–water partition coefficient (Wildman–Crippen LogP) is 4.24. The monoisotopic (exact) mass is 569 g/mol. The van der Waals surface area contributed by atoms with Crippen molar-refractivity contribution in [3.05, 3.63) is 59.2 Å². The Balaban J connectivity index is 0.00000289. The molecule has 6 nitrogen and oxygen atoms in total. The van der Waals surface area contributed by atoms with Crippen molar-refractivity contribution in [1.29, 1.82) is 0 Å². The maximum Gasteiger partial charge on any atom is 0.191 e. The number of piperidine rings is 1. The summed E-state index contributed by atoms with van der Waals surface area (Å²) in [5.74, 6) is 1.92. The number of pyridine rings is 1. The van der Waals surface area contributed by atoms with Crippen molar-refractivity contribution in [2.75, 3.05) is 44.8 Å². The average Bonchev–Trinajstić information content (AvgIpc) is 2.83. The number of aliphatic imine (C=N–C) groups is 1. The number of nitrogens with zero attached hydrogens (tertiary/aromatic N) is 3.